The summed E-state index contributed by atoms with van der Waals surface area (Å²) >= 11 is 0. The summed E-state index contributed by atoms with van der Waals surface area (Å²) in [7, 11) is 0. The number of hydrogen-bond donors (Lipinski definition) is 0. The van der Waals surface area contributed by atoms with E-state index in [1.165, 1.54) is 22.3 Å². The molecule has 1 aromatic carbocycles. The molecule has 0 unspecified atom stereocenters. The molecule has 0 bridgehead atoms. The van der Waals surface area contributed by atoms with Crippen LogP contribution >= 0.6 is 0 Å². The highest BCUT2D eigenvalue weighted by Gasteiger charge is 2.02. The van der Waals surface area contributed by atoms with Crippen LogP contribution in [0.15, 0.2) is 35.9 Å². The molecule has 0 aliphatic rings. The first-order chi connectivity index (χ1) is 7.41. The lowest BCUT2D eigenvalue weighted by molar-refractivity contribution is 0.864. The van der Waals surface area contributed by atoms with Crippen LogP contribution in [-0.2, 0) is 0 Å². The fourth-order valence-electron chi connectivity index (χ4n) is 1.58. The van der Waals surface area contributed by atoms with E-state index in [1.807, 2.05) is 6.92 Å². The first-order valence-electron chi connectivity index (χ1n) is 5.86. The molecule has 0 aliphatic heterocycles. The predicted octanol–water partition coefficient (Wildman–Crippen LogP) is 5.10. The van der Waals surface area contributed by atoms with Gasteiger partial charge in [0.1, 0.15) is 0 Å². The first kappa shape index (κ1) is 12.8. The molecule has 0 heteroatoms. The van der Waals surface area contributed by atoms with Crippen LogP contribution in [0.5, 0.6) is 0 Å². The Hall–Kier alpha value is -1.30. The molecule has 0 heterocycles. The van der Waals surface area contributed by atoms with Crippen LogP contribution in [-0.4, -0.2) is 0 Å². The highest BCUT2D eigenvalue weighted by molar-refractivity contribution is 5.60. The average Bonchev–Trinajstić information content (AvgIpc) is 2.20. The minimum absolute atomic E-state index is 0.596. The van der Waals surface area contributed by atoms with Crippen LogP contribution < -0.4 is 0 Å². The summed E-state index contributed by atoms with van der Waals surface area (Å²) in [6.07, 6.45) is 2.21. The van der Waals surface area contributed by atoms with Crippen molar-refractivity contribution in [2.75, 3.05) is 0 Å². The third-order valence-electron chi connectivity index (χ3n) is 3.01. The Bertz CT molecular complexity index is 420. The largest absolute Gasteiger partial charge is 0.0958 e. The summed E-state index contributed by atoms with van der Waals surface area (Å²) in [5.74, 6) is 0.596. The number of rotatable bonds is 3. The van der Waals surface area contributed by atoms with Crippen LogP contribution in [0.4, 0.5) is 0 Å². The normalized spacial score (nSPS) is 12.0. The van der Waals surface area contributed by atoms with Crippen molar-refractivity contribution in [2.24, 2.45) is 0 Å². The smallest absolute Gasteiger partial charge is 0.0219 e. The number of aryl methyl sites for hydroxylation is 1. The van der Waals surface area contributed by atoms with E-state index in [4.69, 9.17) is 0 Å². The van der Waals surface area contributed by atoms with Gasteiger partial charge in [0.2, 0.25) is 0 Å². The highest BCUT2D eigenvalue weighted by Crippen LogP contribution is 2.21. The maximum atomic E-state index is 3.96. The summed E-state index contributed by atoms with van der Waals surface area (Å²) in [4.78, 5) is 0. The number of hydrogen-bond acceptors (Lipinski definition) is 0. The molecule has 0 N–H and O–H groups in total. The third kappa shape index (κ3) is 3.10. The SMILES string of the molecule is C=C(C)/C(C)=C/c1ccc(C(C)C)cc1C. The van der Waals surface area contributed by atoms with Crippen molar-refractivity contribution in [1.29, 1.82) is 0 Å². The molecule has 0 saturated carbocycles. The van der Waals surface area contributed by atoms with Gasteiger partial charge < -0.3 is 0 Å². The Morgan fingerprint density at radius 1 is 1.25 bits per heavy atom. The highest BCUT2D eigenvalue weighted by atomic mass is 14.1. The van der Waals surface area contributed by atoms with E-state index >= 15 is 0 Å². The number of benzene rings is 1. The summed E-state index contributed by atoms with van der Waals surface area (Å²) in [6.45, 7) is 14.7. The summed E-state index contributed by atoms with van der Waals surface area (Å²) < 4.78 is 0. The van der Waals surface area contributed by atoms with Gasteiger partial charge in [0.25, 0.3) is 0 Å². The van der Waals surface area contributed by atoms with E-state index in [2.05, 4.69) is 58.5 Å². The molecule has 0 fully saturated rings. The van der Waals surface area contributed by atoms with Gasteiger partial charge in [-0.25, -0.2) is 0 Å². The van der Waals surface area contributed by atoms with Crippen LogP contribution in [0.3, 0.4) is 0 Å². The second-order valence-corrected chi connectivity index (χ2v) is 4.88. The van der Waals surface area contributed by atoms with E-state index in [0.717, 1.165) is 5.57 Å². The monoisotopic (exact) mass is 214 g/mol. The molecule has 86 valence electrons. The average molecular weight is 214 g/mol. The van der Waals surface area contributed by atoms with Crippen molar-refractivity contribution in [2.45, 2.75) is 40.5 Å². The van der Waals surface area contributed by atoms with Gasteiger partial charge in [-0.3, -0.25) is 0 Å². The third-order valence-corrected chi connectivity index (χ3v) is 3.01. The van der Waals surface area contributed by atoms with Gasteiger partial charge in [-0.15, -0.1) is 0 Å². The summed E-state index contributed by atoms with van der Waals surface area (Å²) in [6, 6.07) is 6.70. The quantitative estimate of drug-likeness (QED) is 0.614. The molecule has 0 radical (unpaired) electrons. The molecule has 0 atom stereocenters. The van der Waals surface area contributed by atoms with Crippen molar-refractivity contribution >= 4 is 6.08 Å². The van der Waals surface area contributed by atoms with Gasteiger partial charge in [0.05, 0.1) is 0 Å². The van der Waals surface area contributed by atoms with Crippen molar-refractivity contribution < 1.29 is 0 Å². The van der Waals surface area contributed by atoms with Gasteiger partial charge in [-0.1, -0.05) is 50.3 Å². The topological polar surface area (TPSA) is 0 Å². The van der Waals surface area contributed by atoms with Crippen LogP contribution in [0.1, 0.15) is 50.3 Å². The fourth-order valence-corrected chi connectivity index (χ4v) is 1.58. The van der Waals surface area contributed by atoms with Gasteiger partial charge >= 0.3 is 0 Å². The van der Waals surface area contributed by atoms with Crippen molar-refractivity contribution in [1.82, 2.24) is 0 Å². The lowest BCUT2D eigenvalue weighted by atomic mass is 9.96. The Morgan fingerprint density at radius 3 is 2.31 bits per heavy atom. The summed E-state index contributed by atoms with van der Waals surface area (Å²) in [5.41, 5.74) is 6.42. The minimum atomic E-state index is 0.596. The molecule has 0 aliphatic carbocycles. The maximum absolute atomic E-state index is 3.96. The van der Waals surface area contributed by atoms with Crippen LogP contribution in [0, 0.1) is 6.92 Å². The molecule has 0 nitrogen and oxygen atoms in total. The second-order valence-electron chi connectivity index (χ2n) is 4.88. The molecular weight excluding hydrogens is 192 g/mol. The second kappa shape index (κ2) is 5.16. The molecular formula is C16H22. The zero-order chi connectivity index (χ0) is 12.3. The van der Waals surface area contributed by atoms with Gasteiger partial charge in [0, 0.05) is 0 Å². The summed E-state index contributed by atoms with van der Waals surface area (Å²) in [5, 5.41) is 0. The number of allylic oxidation sites excluding steroid dienone is 2. The molecule has 0 spiro atoms. The van der Waals surface area contributed by atoms with Crippen LogP contribution in [0.2, 0.25) is 0 Å². The molecule has 0 saturated heterocycles. The van der Waals surface area contributed by atoms with E-state index < -0.39 is 0 Å². The molecule has 0 amide bonds. The molecule has 0 aromatic heterocycles. The van der Waals surface area contributed by atoms with E-state index in [1.54, 1.807) is 0 Å². The lowest BCUT2D eigenvalue weighted by Gasteiger charge is -2.09. The van der Waals surface area contributed by atoms with Crippen molar-refractivity contribution in [3.8, 4) is 0 Å². The van der Waals surface area contributed by atoms with Gasteiger partial charge in [-0.05, 0) is 49.0 Å². The van der Waals surface area contributed by atoms with Crippen molar-refractivity contribution in [3.05, 3.63) is 52.6 Å². The minimum Gasteiger partial charge on any atom is -0.0958 e. The van der Waals surface area contributed by atoms with Crippen LogP contribution in [0.25, 0.3) is 6.08 Å². The zero-order valence-electron chi connectivity index (χ0n) is 11.1. The first-order valence-corrected chi connectivity index (χ1v) is 5.86. The van der Waals surface area contributed by atoms with E-state index in [-0.39, 0.29) is 0 Å². The van der Waals surface area contributed by atoms with Gasteiger partial charge in [0.15, 0.2) is 0 Å². The van der Waals surface area contributed by atoms with E-state index in [9.17, 15) is 0 Å². The maximum Gasteiger partial charge on any atom is -0.0219 e. The van der Waals surface area contributed by atoms with E-state index in [0.29, 0.717) is 5.92 Å². The fraction of sp³-hybridized carbons (Fsp3) is 0.375. The van der Waals surface area contributed by atoms with Crippen molar-refractivity contribution in [3.63, 3.8) is 0 Å². The van der Waals surface area contributed by atoms with Gasteiger partial charge in [-0.2, -0.15) is 0 Å². The Kier molecular flexibility index (Phi) is 4.12. The Balaban J connectivity index is 3.09. The lowest BCUT2D eigenvalue weighted by Crippen LogP contribution is -1.90. The zero-order valence-corrected chi connectivity index (χ0v) is 11.1. The molecule has 16 heavy (non-hydrogen) atoms. The Labute approximate surface area is 99.7 Å². The molecule has 1 aromatic rings. The molecule has 1 rings (SSSR count). The Morgan fingerprint density at radius 2 is 1.88 bits per heavy atom. The standard InChI is InChI=1S/C16H22/c1-11(2)13(5)9-16-8-7-15(12(3)4)10-14(16)6/h7-10,12H,1H2,2-6H3/b13-9+. The predicted molar refractivity (Wildman–Crippen MR) is 73.7 cm³/mol.